The van der Waals surface area contributed by atoms with Crippen molar-refractivity contribution in [2.45, 2.75) is 215 Å². The van der Waals surface area contributed by atoms with Gasteiger partial charge >= 0.3 is 0 Å². The summed E-state index contributed by atoms with van der Waals surface area (Å²) in [4.78, 5) is 6.39. The number of rotatable bonds is 12. The molecule has 5 nitrogen and oxygen atoms in total. The second-order valence-electron chi connectivity index (χ2n) is 28.0. The summed E-state index contributed by atoms with van der Waals surface area (Å²) in [6, 6.07) is 25.6. The molecule has 2 heterocycles. The van der Waals surface area contributed by atoms with Crippen LogP contribution in [0.4, 0.5) is 11.4 Å². The van der Waals surface area contributed by atoms with Gasteiger partial charge in [0.2, 0.25) is 0 Å². The zero-order valence-electron chi connectivity index (χ0n) is 49.9. The van der Waals surface area contributed by atoms with Gasteiger partial charge in [-0.15, -0.1) is 5.92 Å². The first-order valence-electron chi connectivity index (χ1n) is 27.9. The Balaban J connectivity index is 0.000000841. The molecule has 0 atom stereocenters. The van der Waals surface area contributed by atoms with Crippen LogP contribution in [0.1, 0.15) is 208 Å². The topological polar surface area (TPSA) is 52.2 Å². The molecule has 3 aromatic rings. The number of nitrogens with one attached hydrogen (secondary N) is 3. The van der Waals surface area contributed by atoms with E-state index in [2.05, 4.69) is 242 Å². The van der Waals surface area contributed by atoms with E-state index in [1.807, 2.05) is 24.5 Å². The molecule has 72 heavy (non-hydrogen) atoms. The zero-order valence-corrected chi connectivity index (χ0v) is 49.9. The summed E-state index contributed by atoms with van der Waals surface area (Å²) in [5, 5.41) is 10.5. The third-order valence-corrected chi connectivity index (χ3v) is 11.7. The van der Waals surface area contributed by atoms with Gasteiger partial charge in [-0.1, -0.05) is 187 Å². The number of benzene rings is 2. The van der Waals surface area contributed by atoms with Crippen molar-refractivity contribution < 1.29 is 0 Å². The lowest BCUT2D eigenvalue weighted by Crippen LogP contribution is -2.41. The number of para-hydroxylation sites is 2. The highest BCUT2D eigenvalue weighted by atomic mass is 15.1. The summed E-state index contributed by atoms with van der Waals surface area (Å²) >= 11 is 0. The van der Waals surface area contributed by atoms with E-state index >= 15 is 0 Å². The van der Waals surface area contributed by atoms with Crippen LogP contribution in [0.5, 0.6) is 0 Å². The van der Waals surface area contributed by atoms with E-state index in [1.165, 1.54) is 101 Å². The van der Waals surface area contributed by atoms with Gasteiger partial charge in [0.05, 0.1) is 0 Å². The second-order valence-corrected chi connectivity index (χ2v) is 28.0. The molecule has 0 unspecified atom stereocenters. The number of allylic oxidation sites excluding steroid dienone is 2. The third-order valence-electron chi connectivity index (χ3n) is 11.7. The molecule has 3 aliphatic rings. The van der Waals surface area contributed by atoms with E-state index in [4.69, 9.17) is 0 Å². The van der Waals surface area contributed by atoms with E-state index in [-0.39, 0.29) is 7.43 Å². The van der Waals surface area contributed by atoms with Crippen molar-refractivity contribution in [3.8, 4) is 11.8 Å². The Morgan fingerprint density at radius 1 is 0.542 bits per heavy atom. The van der Waals surface area contributed by atoms with Crippen molar-refractivity contribution in [2.24, 2.45) is 44.3 Å². The SMILES string of the molecule is C.CC(C)(C)C/C=C/C1CC1.CC(C)(C)CC#CC1CC1.CC(C)(C)CCNc1ccccc1.CC(C)(C)CCNc1ccccc1.CC(C)(C)Cc1ccncc1.CN1CCC(NCCC(C)(C)C)CC1. The first-order chi connectivity index (χ1) is 32.9. The molecular formula is C67H117N5. The number of hydrogen-bond donors (Lipinski definition) is 3. The largest absolute Gasteiger partial charge is 0.385 e. The summed E-state index contributed by atoms with van der Waals surface area (Å²) in [5.74, 6) is 8.21. The second kappa shape index (κ2) is 34.8. The van der Waals surface area contributed by atoms with Gasteiger partial charge in [-0.2, -0.15) is 0 Å². The number of pyridine rings is 1. The Morgan fingerprint density at radius 2 is 0.986 bits per heavy atom. The van der Waals surface area contributed by atoms with Crippen LogP contribution in [0.2, 0.25) is 0 Å². The van der Waals surface area contributed by atoms with E-state index < -0.39 is 0 Å². The predicted molar refractivity (Wildman–Crippen MR) is 325 cm³/mol. The smallest absolute Gasteiger partial charge is 0.0340 e. The molecule has 0 amide bonds. The fourth-order valence-electron chi connectivity index (χ4n) is 6.84. The number of anilines is 2. The average molecular weight is 993 g/mol. The fourth-order valence-corrected chi connectivity index (χ4v) is 6.84. The summed E-state index contributed by atoms with van der Waals surface area (Å²) in [7, 11) is 2.21. The molecule has 3 N–H and O–H groups in total. The van der Waals surface area contributed by atoms with E-state index in [9.17, 15) is 0 Å². The van der Waals surface area contributed by atoms with E-state index in [1.54, 1.807) is 0 Å². The molecule has 0 bridgehead atoms. The minimum atomic E-state index is 0. The van der Waals surface area contributed by atoms with Crippen LogP contribution >= 0.6 is 0 Å². The number of likely N-dealkylation sites (tertiary alicyclic amines) is 1. The highest BCUT2D eigenvalue weighted by Crippen LogP contribution is 2.31. The molecular weight excluding hydrogens is 875 g/mol. The monoisotopic (exact) mass is 992 g/mol. The van der Waals surface area contributed by atoms with Crippen LogP contribution in [-0.4, -0.2) is 55.7 Å². The fraction of sp³-hybridized carbons (Fsp3) is 0.687. The maximum absolute atomic E-state index is 3.98. The van der Waals surface area contributed by atoms with Crippen LogP contribution in [0.25, 0.3) is 0 Å². The van der Waals surface area contributed by atoms with Crippen LogP contribution in [0.3, 0.4) is 0 Å². The molecule has 2 aliphatic carbocycles. The van der Waals surface area contributed by atoms with E-state index in [0.29, 0.717) is 32.5 Å². The first kappa shape index (κ1) is 68.4. The maximum atomic E-state index is 3.98. The molecule has 1 aromatic heterocycles. The van der Waals surface area contributed by atoms with Gasteiger partial charge in [-0.25, -0.2) is 0 Å². The Morgan fingerprint density at radius 3 is 1.36 bits per heavy atom. The van der Waals surface area contributed by atoms with Gasteiger partial charge in [0.25, 0.3) is 0 Å². The standard InChI is InChI=1S/C12H26N2.2C12H19N.C10H15N.C10H18.C10H16.CH4/c1-12(2,3)7-8-13-11-5-9-14(4)10-6-11;2*1-12(2,3)9-10-13-11-7-5-4-6-8-11;1-10(2,3)8-9-4-6-11-7-5-9;2*1-10(2,3)8-4-5-9-6-7-9;/h11,13H,5-10H2,1-4H3;2*4-8,13H,9-10H2,1-3H3;4-7H,8H2,1-3H3;4-5,9H,6-8H2,1-3H3;9H,6-8H2,1-3H3;1H4/b;;;;5-4+;;. The molecule has 0 spiro atoms. The number of aromatic nitrogens is 1. The zero-order chi connectivity index (χ0) is 53.6. The lowest BCUT2D eigenvalue weighted by atomic mass is 9.89. The molecule has 2 saturated carbocycles. The van der Waals surface area contributed by atoms with Gasteiger partial charge < -0.3 is 20.9 Å². The van der Waals surface area contributed by atoms with Crippen LogP contribution < -0.4 is 16.0 Å². The molecule has 0 radical (unpaired) electrons. The van der Waals surface area contributed by atoms with Crippen molar-refractivity contribution in [2.75, 3.05) is 50.4 Å². The lowest BCUT2D eigenvalue weighted by molar-refractivity contribution is 0.229. The minimum absolute atomic E-state index is 0. The van der Waals surface area contributed by atoms with Crippen molar-refractivity contribution >= 4 is 11.4 Å². The molecule has 1 aliphatic heterocycles. The normalized spacial score (nSPS) is 15.3. The van der Waals surface area contributed by atoms with Gasteiger partial charge in [-0.3, -0.25) is 4.98 Å². The lowest BCUT2D eigenvalue weighted by Gasteiger charge is -2.30. The number of nitrogens with zero attached hydrogens (tertiary/aromatic N) is 2. The maximum Gasteiger partial charge on any atom is 0.0340 e. The Kier molecular flexibility index (Phi) is 33.1. The van der Waals surface area contributed by atoms with Crippen LogP contribution in [0.15, 0.2) is 97.3 Å². The number of piperidine rings is 1. The van der Waals surface area contributed by atoms with Crippen LogP contribution in [-0.2, 0) is 6.42 Å². The highest BCUT2D eigenvalue weighted by molar-refractivity contribution is 5.43. The molecule has 410 valence electrons. The van der Waals surface area contributed by atoms with Gasteiger partial charge in [-0.05, 0) is 178 Å². The van der Waals surface area contributed by atoms with Crippen LogP contribution in [0, 0.1) is 56.2 Å². The minimum Gasteiger partial charge on any atom is -0.385 e. The predicted octanol–water partition coefficient (Wildman–Crippen LogP) is 18.7. The molecule has 2 aromatic carbocycles. The first-order valence-corrected chi connectivity index (χ1v) is 27.9. The average Bonchev–Trinajstić information content (AvgIpc) is 4.19. The van der Waals surface area contributed by atoms with E-state index in [0.717, 1.165) is 43.8 Å². The van der Waals surface area contributed by atoms with Crippen molar-refractivity contribution in [1.82, 2.24) is 15.2 Å². The third kappa shape index (κ3) is 48.7. The summed E-state index contributed by atoms with van der Waals surface area (Å²) < 4.78 is 0. The van der Waals surface area contributed by atoms with Crippen molar-refractivity contribution in [3.63, 3.8) is 0 Å². The molecule has 5 heteroatoms. The molecule has 6 rings (SSSR count). The highest BCUT2D eigenvalue weighted by Gasteiger charge is 2.19. The summed E-state index contributed by atoms with van der Waals surface area (Å²) in [6.07, 6.45) is 23.7. The molecule has 1 saturated heterocycles. The van der Waals surface area contributed by atoms with Crippen molar-refractivity contribution in [3.05, 3.63) is 103 Å². The quantitative estimate of drug-likeness (QED) is 0.125. The summed E-state index contributed by atoms with van der Waals surface area (Å²) in [6.45, 7) is 46.6. The Bertz CT molecular complexity index is 1760. The Labute approximate surface area is 449 Å². The Hall–Kier alpha value is -3.59. The number of hydrogen-bond acceptors (Lipinski definition) is 5. The van der Waals surface area contributed by atoms with Gasteiger partial charge in [0, 0.05) is 55.2 Å². The molecule has 3 fully saturated rings. The van der Waals surface area contributed by atoms with Gasteiger partial charge in [0.15, 0.2) is 0 Å². The summed E-state index contributed by atoms with van der Waals surface area (Å²) in [5.41, 5.74) is 6.35. The van der Waals surface area contributed by atoms with Crippen molar-refractivity contribution in [1.29, 1.82) is 0 Å². The van der Waals surface area contributed by atoms with Gasteiger partial charge in [0.1, 0.15) is 0 Å².